The third-order valence-corrected chi connectivity index (χ3v) is 3.28. The highest BCUT2D eigenvalue weighted by atomic mass is 16.2. The number of carbonyl (C=O) groups excluding carboxylic acids is 1. The van der Waals surface area contributed by atoms with Crippen LogP contribution in [0.15, 0.2) is 24.3 Å². The van der Waals surface area contributed by atoms with Gasteiger partial charge in [-0.15, -0.1) is 10.2 Å². The van der Waals surface area contributed by atoms with Gasteiger partial charge in [-0.3, -0.25) is 4.79 Å². The fourth-order valence-electron chi connectivity index (χ4n) is 2.22. The zero-order chi connectivity index (χ0) is 12.5. The Bertz CT molecular complexity index is 566. The number of nitrogens with zero attached hydrogens (tertiary/aromatic N) is 3. The summed E-state index contributed by atoms with van der Waals surface area (Å²) in [6, 6.07) is 7.78. The molecule has 1 heterocycles. The summed E-state index contributed by atoms with van der Waals surface area (Å²) in [6.45, 7) is 1.84. The van der Waals surface area contributed by atoms with E-state index in [4.69, 9.17) is 0 Å². The number of aromatic nitrogens is 4. The Morgan fingerprint density at radius 2 is 2.33 bits per heavy atom. The highest BCUT2D eigenvalue weighted by Gasteiger charge is 2.32. The summed E-state index contributed by atoms with van der Waals surface area (Å²) < 4.78 is 0. The molecule has 3 rings (SSSR count). The summed E-state index contributed by atoms with van der Waals surface area (Å²) >= 11 is 0. The molecule has 0 aliphatic heterocycles. The number of hydrogen-bond donors (Lipinski definition) is 2. The number of carbonyl (C=O) groups is 1. The van der Waals surface area contributed by atoms with Gasteiger partial charge in [0, 0.05) is 0 Å². The molecule has 0 saturated carbocycles. The molecule has 0 spiro atoms. The number of H-pyrrole nitrogens is 1. The number of tetrazole rings is 1. The number of rotatable bonds is 3. The van der Waals surface area contributed by atoms with Crippen molar-refractivity contribution in [2.75, 3.05) is 0 Å². The highest BCUT2D eigenvalue weighted by Crippen LogP contribution is 2.35. The van der Waals surface area contributed by atoms with Gasteiger partial charge in [0.2, 0.25) is 5.91 Å². The molecule has 1 aromatic carbocycles. The van der Waals surface area contributed by atoms with E-state index >= 15 is 0 Å². The van der Waals surface area contributed by atoms with Crippen molar-refractivity contribution in [3.63, 3.8) is 0 Å². The molecular formula is C12H13N5O. The van der Waals surface area contributed by atoms with Crippen molar-refractivity contribution in [2.45, 2.75) is 25.3 Å². The molecule has 92 valence electrons. The van der Waals surface area contributed by atoms with Crippen molar-refractivity contribution in [3.05, 3.63) is 41.2 Å². The van der Waals surface area contributed by atoms with E-state index in [2.05, 4.69) is 32.0 Å². The summed E-state index contributed by atoms with van der Waals surface area (Å²) in [5.41, 5.74) is 2.38. The van der Waals surface area contributed by atoms with Crippen LogP contribution in [-0.2, 0) is 11.2 Å². The Morgan fingerprint density at radius 3 is 3.06 bits per heavy atom. The van der Waals surface area contributed by atoms with Crippen molar-refractivity contribution in [1.29, 1.82) is 0 Å². The normalized spacial score (nSPS) is 18.6. The standard InChI is InChI=1S/C12H13N5O/c1-7(11-14-16-17-15-11)13-12(18)10-6-8-4-2-3-5-9(8)10/h2-5,7,10H,6H2,1H3,(H,13,18)(H,14,15,16,17). The van der Waals surface area contributed by atoms with Crippen molar-refractivity contribution in [2.24, 2.45) is 0 Å². The minimum absolute atomic E-state index is 0.0194. The number of hydrogen-bond acceptors (Lipinski definition) is 4. The molecule has 2 aromatic rings. The Balaban J connectivity index is 1.67. The van der Waals surface area contributed by atoms with E-state index in [0.717, 1.165) is 12.0 Å². The minimum Gasteiger partial charge on any atom is -0.346 e. The van der Waals surface area contributed by atoms with E-state index in [-0.39, 0.29) is 17.9 Å². The van der Waals surface area contributed by atoms with Crippen LogP contribution in [0.2, 0.25) is 0 Å². The van der Waals surface area contributed by atoms with Crippen LogP contribution in [0.25, 0.3) is 0 Å². The van der Waals surface area contributed by atoms with Gasteiger partial charge in [0.25, 0.3) is 0 Å². The maximum atomic E-state index is 12.1. The van der Waals surface area contributed by atoms with E-state index in [1.54, 1.807) is 0 Å². The molecule has 2 N–H and O–H groups in total. The largest absolute Gasteiger partial charge is 0.346 e. The third-order valence-electron chi connectivity index (χ3n) is 3.28. The summed E-state index contributed by atoms with van der Waals surface area (Å²) in [7, 11) is 0. The van der Waals surface area contributed by atoms with Crippen LogP contribution in [0.3, 0.4) is 0 Å². The first-order valence-corrected chi connectivity index (χ1v) is 5.87. The minimum atomic E-state index is -0.232. The molecule has 0 fully saturated rings. The SMILES string of the molecule is CC(NC(=O)C1Cc2ccccc21)c1nn[nH]n1. The lowest BCUT2D eigenvalue weighted by molar-refractivity contribution is -0.123. The summed E-state index contributed by atoms with van der Waals surface area (Å²) in [4.78, 5) is 12.1. The molecular weight excluding hydrogens is 230 g/mol. The Morgan fingerprint density at radius 1 is 1.50 bits per heavy atom. The molecule has 0 radical (unpaired) electrons. The van der Waals surface area contributed by atoms with Gasteiger partial charge in [-0.25, -0.2) is 0 Å². The molecule has 1 aliphatic carbocycles. The zero-order valence-electron chi connectivity index (χ0n) is 9.92. The Hall–Kier alpha value is -2.24. The average Bonchev–Trinajstić information content (AvgIpc) is 2.84. The van der Waals surface area contributed by atoms with Crippen LogP contribution in [-0.4, -0.2) is 26.5 Å². The topological polar surface area (TPSA) is 83.6 Å². The number of benzene rings is 1. The number of fused-ring (bicyclic) bond motifs is 1. The lowest BCUT2D eigenvalue weighted by atomic mass is 9.77. The molecule has 1 aromatic heterocycles. The lowest BCUT2D eigenvalue weighted by Gasteiger charge is -2.29. The van der Waals surface area contributed by atoms with Crippen LogP contribution in [0.5, 0.6) is 0 Å². The number of aromatic amines is 1. The maximum Gasteiger partial charge on any atom is 0.228 e. The van der Waals surface area contributed by atoms with Gasteiger partial charge in [-0.05, 0) is 24.5 Å². The van der Waals surface area contributed by atoms with Crippen molar-refractivity contribution in [1.82, 2.24) is 25.9 Å². The van der Waals surface area contributed by atoms with E-state index < -0.39 is 0 Å². The summed E-state index contributed by atoms with van der Waals surface area (Å²) in [5.74, 6) is 0.470. The van der Waals surface area contributed by atoms with Crippen molar-refractivity contribution >= 4 is 5.91 Å². The predicted molar refractivity (Wildman–Crippen MR) is 63.6 cm³/mol. The van der Waals surface area contributed by atoms with E-state index in [9.17, 15) is 4.79 Å². The fraction of sp³-hybridized carbons (Fsp3) is 0.333. The number of amides is 1. The second-order valence-corrected chi connectivity index (χ2v) is 4.46. The Labute approximate surface area is 104 Å². The van der Waals surface area contributed by atoms with Crippen LogP contribution >= 0.6 is 0 Å². The first-order valence-electron chi connectivity index (χ1n) is 5.87. The predicted octanol–water partition coefficient (Wildman–Crippen LogP) is 0.717. The molecule has 1 amide bonds. The summed E-state index contributed by atoms with van der Waals surface area (Å²) in [6.07, 6.45) is 0.807. The molecule has 0 bridgehead atoms. The van der Waals surface area contributed by atoms with Crippen molar-refractivity contribution < 1.29 is 4.79 Å². The van der Waals surface area contributed by atoms with Gasteiger partial charge in [0.15, 0.2) is 5.82 Å². The van der Waals surface area contributed by atoms with Crippen LogP contribution in [0.1, 0.15) is 35.8 Å². The van der Waals surface area contributed by atoms with Crippen LogP contribution < -0.4 is 5.32 Å². The number of nitrogens with one attached hydrogen (secondary N) is 2. The smallest absolute Gasteiger partial charge is 0.228 e. The van der Waals surface area contributed by atoms with Crippen LogP contribution in [0, 0.1) is 0 Å². The second kappa shape index (κ2) is 4.21. The van der Waals surface area contributed by atoms with E-state index in [1.165, 1.54) is 5.56 Å². The highest BCUT2D eigenvalue weighted by molar-refractivity contribution is 5.87. The van der Waals surface area contributed by atoms with Gasteiger partial charge < -0.3 is 5.32 Å². The van der Waals surface area contributed by atoms with Gasteiger partial charge in [-0.2, -0.15) is 5.21 Å². The third kappa shape index (κ3) is 1.75. The van der Waals surface area contributed by atoms with Crippen molar-refractivity contribution in [3.8, 4) is 0 Å². The molecule has 6 heteroatoms. The summed E-state index contributed by atoms with van der Waals surface area (Å²) in [5, 5.41) is 16.5. The Kier molecular flexibility index (Phi) is 2.55. The molecule has 2 unspecified atom stereocenters. The molecule has 18 heavy (non-hydrogen) atoms. The quantitative estimate of drug-likeness (QED) is 0.831. The fourth-order valence-corrected chi connectivity index (χ4v) is 2.22. The van der Waals surface area contributed by atoms with Gasteiger partial charge in [0.1, 0.15) is 0 Å². The maximum absolute atomic E-state index is 12.1. The molecule has 0 saturated heterocycles. The van der Waals surface area contributed by atoms with Crippen LogP contribution in [0.4, 0.5) is 0 Å². The molecule has 2 atom stereocenters. The monoisotopic (exact) mass is 243 g/mol. The first-order chi connectivity index (χ1) is 8.75. The molecule has 1 aliphatic rings. The second-order valence-electron chi connectivity index (χ2n) is 4.46. The van der Waals surface area contributed by atoms with Gasteiger partial charge in [0.05, 0.1) is 12.0 Å². The van der Waals surface area contributed by atoms with E-state index in [1.807, 2.05) is 25.1 Å². The lowest BCUT2D eigenvalue weighted by Crippen LogP contribution is -2.37. The van der Waals surface area contributed by atoms with Gasteiger partial charge in [-0.1, -0.05) is 29.5 Å². The molecule has 6 nitrogen and oxygen atoms in total. The zero-order valence-corrected chi connectivity index (χ0v) is 9.92. The average molecular weight is 243 g/mol. The van der Waals surface area contributed by atoms with E-state index in [0.29, 0.717) is 5.82 Å². The first kappa shape index (κ1) is 10.9. The van der Waals surface area contributed by atoms with Gasteiger partial charge >= 0.3 is 0 Å².